The van der Waals surface area contributed by atoms with Gasteiger partial charge < -0.3 is 9.73 Å². The first-order valence-corrected chi connectivity index (χ1v) is 6.90. The van der Waals surface area contributed by atoms with Gasteiger partial charge in [0.15, 0.2) is 0 Å². The highest BCUT2D eigenvalue weighted by Gasteiger charge is 2.12. The number of nitrogens with one attached hydrogen (secondary N) is 1. The lowest BCUT2D eigenvalue weighted by molar-refractivity contribution is 0.521. The molecule has 0 aliphatic rings. The molecule has 106 valence electrons. The van der Waals surface area contributed by atoms with Crippen molar-refractivity contribution in [3.8, 4) is 0 Å². The Bertz CT molecular complexity index is 725. The fraction of sp³-hybridized carbons (Fsp3) is 0.0714. The lowest BCUT2D eigenvalue weighted by atomic mass is 10.1. The summed E-state index contributed by atoms with van der Waals surface area (Å²) >= 11 is 12.2. The fourth-order valence-corrected chi connectivity index (χ4v) is 2.32. The van der Waals surface area contributed by atoms with Crippen LogP contribution in [0, 0.1) is 0 Å². The van der Waals surface area contributed by atoms with Crippen LogP contribution in [0.25, 0.3) is 0 Å². The van der Waals surface area contributed by atoms with E-state index in [1.54, 1.807) is 42.7 Å². The Morgan fingerprint density at radius 2 is 1.71 bits per heavy atom. The molecule has 2 aromatic heterocycles. The molecule has 3 aromatic rings. The molecule has 0 unspecified atom stereocenters. The molecular weight excluding hydrogens is 311 g/mol. The molecule has 0 aliphatic carbocycles. The van der Waals surface area contributed by atoms with Crippen LogP contribution in [0.5, 0.6) is 0 Å². The second-order valence-corrected chi connectivity index (χ2v) is 5.05. The topological polar surface area (TPSA) is 63.8 Å². The van der Waals surface area contributed by atoms with Gasteiger partial charge in [-0.1, -0.05) is 34.4 Å². The number of nitrogens with zero attached hydrogens (tertiary/aromatic N) is 3. The normalized spacial score (nSPS) is 10.6. The Morgan fingerprint density at radius 3 is 2.43 bits per heavy atom. The van der Waals surface area contributed by atoms with Gasteiger partial charge in [-0.05, 0) is 29.8 Å². The van der Waals surface area contributed by atoms with Crippen LogP contribution >= 0.6 is 23.2 Å². The number of rotatable bonds is 4. The smallest absolute Gasteiger partial charge is 0.320 e. The highest BCUT2D eigenvalue weighted by atomic mass is 35.5. The van der Waals surface area contributed by atoms with Gasteiger partial charge in [0.1, 0.15) is 0 Å². The zero-order chi connectivity index (χ0) is 14.7. The third-order valence-electron chi connectivity index (χ3n) is 2.79. The lowest BCUT2D eigenvalue weighted by Gasteiger charge is -2.03. The number of hydrogen-bond acceptors (Lipinski definition) is 5. The molecule has 0 amide bonds. The van der Waals surface area contributed by atoms with Gasteiger partial charge >= 0.3 is 6.01 Å². The van der Waals surface area contributed by atoms with Crippen LogP contribution in [0.1, 0.15) is 11.5 Å². The molecule has 0 saturated heterocycles. The van der Waals surface area contributed by atoms with Crippen LogP contribution in [-0.4, -0.2) is 15.2 Å². The standard InChI is InChI=1S/C14H10Cl2N4O/c15-11-2-1-3-12(16)10(11)8-13-19-20-14(21-13)18-9-4-6-17-7-5-9/h1-7H,8H2,(H,17,18,20). The maximum absolute atomic E-state index is 6.12. The number of aromatic nitrogens is 3. The molecule has 3 rings (SSSR count). The van der Waals surface area contributed by atoms with E-state index < -0.39 is 0 Å². The lowest BCUT2D eigenvalue weighted by Crippen LogP contribution is -1.91. The molecule has 7 heteroatoms. The van der Waals surface area contributed by atoms with Crippen molar-refractivity contribution in [2.24, 2.45) is 0 Å². The summed E-state index contributed by atoms with van der Waals surface area (Å²) in [6.45, 7) is 0. The third kappa shape index (κ3) is 3.32. The van der Waals surface area contributed by atoms with Crippen LogP contribution < -0.4 is 5.32 Å². The van der Waals surface area contributed by atoms with Gasteiger partial charge in [-0.25, -0.2) is 0 Å². The second-order valence-electron chi connectivity index (χ2n) is 4.24. The minimum Gasteiger partial charge on any atom is -0.408 e. The van der Waals surface area contributed by atoms with Crippen LogP contribution in [-0.2, 0) is 6.42 Å². The average molecular weight is 321 g/mol. The van der Waals surface area contributed by atoms with Crippen molar-refractivity contribution >= 4 is 34.9 Å². The fourth-order valence-electron chi connectivity index (χ4n) is 1.79. The number of anilines is 2. The van der Waals surface area contributed by atoms with Crippen molar-refractivity contribution in [2.75, 3.05) is 5.32 Å². The first kappa shape index (κ1) is 13.9. The van der Waals surface area contributed by atoms with E-state index in [9.17, 15) is 0 Å². The van der Waals surface area contributed by atoms with Crippen molar-refractivity contribution in [1.29, 1.82) is 0 Å². The Labute approximate surface area is 130 Å². The molecular formula is C14H10Cl2N4O. The molecule has 2 heterocycles. The first-order valence-electron chi connectivity index (χ1n) is 6.14. The van der Waals surface area contributed by atoms with Gasteiger partial charge in [0.2, 0.25) is 5.89 Å². The van der Waals surface area contributed by atoms with Gasteiger partial charge in [-0.2, -0.15) is 0 Å². The molecule has 1 N–H and O–H groups in total. The summed E-state index contributed by atoms with van der Waals surface area (Å²) in [7, 11) is 0. The molecule has 21 heavy (non-hydrogen) atoms. The largest absolute Gasteiger partial charge is 0.408 e. The summed E-state index contributed by atoms with van der Waals surface area (Å²) in [6.07, 6.45) is 3.72. The molecule has 0 saturated carbocycles. The minimum absolute atomic E-state index is 0.305. The zero-order valence-electron chi connectivity index (χ0n) is 10.8. The van der Waals surface area contributed by atoms with Crippen molar-refractivity contribution < 1.29 is 4.42 Å². The number of benzene rings is 1. The number of hydrogen-bond donors (Lipinski definition) is 1. The van der Waals surface area contributed by atoms with E-state index in [0.29, 0.717) is 28.4 Å². The van der Waals surface area contributed by atoms with Crippen molar-refractivity contribution in [2.45, 2.75) is 6.42 Å². The summed E-state index contributed by atoms with van der Waals surface area (Å²) in [5.41, 5.74) is 1.58. The summed E-state index contributed by atoms with van der Waals surface area (Å²) in [4.78, 5) is 3.93. The van der Waals surface area contributed by atoms with E-state index in [0.717, 1.165) is 11.3 Å². The number of halogens is 2. The molecule has 0 aliphatic heterocycles. The van der Waals surface area contributed by atoms with E-state index in [2.05, 4.69) is 20.5 Å². The Kier molecular flexibility index (Phi) is 4.03. The molecule has 1 aromatic carbocycles. The van der Waals surface area contributed by atoms with Crippen molar-refractivity contribution in [3.63, 3.8) is 0 Å². The summed E-state index contributed by atoms with van der Waals surface area (Å²) in [5, 5.41) is 12.1. The van der Waals surface area contributed by atoms with Gasteiger partial charge in [-0.15, -0.1) is 5.10 Å². The second kappa shape index (κ2) is 6.11. The Morgan fingerprint density at radius 1 is 1.00 bits per heavy atom. The summed E-state index contributed by atoms with van der Waals surface area (Å²) in [6, 6.07) is 9.24. The van der Waals surface area contributed by atoms with Crippen LogP contribution in [0.2, 0.25) is 10.0 Å². The first-order chi connectivity index (χ1) is 10.2. The summed E-state index contributed by atoms with van der Waals surface area (Å²) in [5.74, 6) is 0.432. The van der Waals surface area contributed by atoms with Gasteiger partial charge in [0.05, 0.1) is 6.42 Å². The Balaban J connectivity index is 1.76. The van der Waals surface area contributed by atoms with E-state index in [-0.39, 0.29) is 0 Å². The zero-order valence-corrected chi connectivity index (χ0v) is 12.3. The minimum atomic E-state index is 0.305. The molecule has 0 atom stereocenters. The predicted octanol–water partition coefficient (Wildman–Crippen LogP) is 4.11. The van der Waals surface area contributed by atoms with Crippen molar-refractivity contribution in [1.82, 2.24) is 15.2 Å². The maximum Gasteiger partial charge on any atom is 0.320 e. The van der Waals surface area contributed by atoms with Gasteiger partial charge in [-0.3, -0.25) is 4.98 Å². The highest BCUT2D eigenvalue weighted by Crippen LogP contribution is 2.27. The van der Waals surface area contributed by atoms with E-state index >= 15 is 0 Å². The molecule has 0 spiro atoms. The van der Waals surface area contributed by atoms with E-state index in [4.69, 9.17) is 27.6 Å². The van der Waals surface area contributed by atoms with Crippen LogP contribution in [0.15, 0.2) is 47.1 Å². The van der Waals surface area contributed by atoms with E-state index in [1.807, 2.05) is 0 Å². The van der Waals surface area contributed by atoms with Crippen LogP contribution in [0.4, 0.5) is 11.7 Å². The third-order valence-corrected chi connectivity index (χ3v) is 3.50. The monoisotopic (exact) mass is 320 g/mol. The quantitative estimate of drug-likeness (QED) is 0.783. The predicted molar refractivity (Wildman–Crippen MR) is 81.1 cm³/mol. The van der Waals surface area contributed by atoms with Crippen LogP contribution in [0.3, 0.4) is 0 Å². The molecule has 5 nitrogen and oxygen atoms in total. The molecule has 0 bridgehead atoms. The number of pyridine rings is 1. The van der Waals surface area contributed by atoms with Gasteiger partial charge in [0.25, 0.3) is 0 Å². The SMILES string of the molecule is Clc1cccc(Cl)c1Cc1nnc(Nc2ccncc2)o1. The molecule has 0 radical (unpaired) electrons. The molecule has 0 fully saturated rings. The average Bonchev–Trinajstić information content (AvgIpc) is 2.91. The highest BCUT2D eigenvalue weighted by molar-refractivity contribution is 6.36. The maximum atomic E-state index is 6.12. The summed E-state index contributed by atoms with van der Waals surface area (Å²) < 4.78 is 5.53. The van der Waals surface area contributed by atoms with E-state index in [1.165, 1.54) is 0 Å². The van der Waals surface area contributed by atoms with Gasteiger partial charge in [0, 0.05) is 28.1 Å². The Hall–Kier alpha value is -2.11. The van der Waals surface area contributed by atoms with Crippen molar-refractivity contribution in [3.05, 3.63) is 64.2 Å².